The van der Waals surface area contributed by atoms with E-state index in [1.165, 1.54) is 5.56 Å². The molecule has 4 heteroatoms. The van der Waals surface area contributed by atoms with Crippen LogP contribution in [0, 0.1) is 17.8 Å². The van der Waals surface area contributed by atoms with Crippen molar-refractivity contribution in [3.63, 3.8) is 0 Å². The van der Waals surface area contributed by atoms with Crippen molar-refractivity contribution in [3.05, 3.63) is 42.0 Å². The van der Waals surface area contributed by atoms with Gasteiger partial charge >= 0.3 is 0 Å². The number of benzene rings is 1. The number of hydrogen-bond acceptors (Lipinski definition) is 3. The van der Waals surface area contributed by atoms with Gasteiger partial charge in [0.15, 0.2) is 0 Å². The van der Waals surface area contributed by atoms with Crippen LogP contribution in [0.5, 0.6) is 0 Å². The van der Waals surface area contributed by atoms with Gasteiger partial charge in [-0.05, 0) is 50.2 Å². The van der Waals surface area contributed by atoms with Gasteiger partial charge in [-0.25, -0.2) is 0 Å². The number of anilines is 1. The van der Waals surface area contributed by atoms with Gasteiger partial charge in [0.05, 0.1) is 12.2 Å². The molecule has 1 saturated heterocycles. The van der Waals surface area contributed by atoms with E-state index in [-0.39, 0.29) is 24.0 Å². The molecule has 25 heavy (non-hydrogen) atoms. The molecular formula is C21H28N2O2. The Morgan fingerprint density at radius 3 is 2.60 bits per heavy atom. The van der Waals surface area contributed by atoms with Gasteiger partial charge in [0.2, 0.25) is 5.91 Å². The predicted molar refractivity (Wildman–Crippen MR) is 99.2 cm³/mol. The normalized spacial score (nSPS) is 34.4. The second kappa shape index (κ2) is 6.93. The Morgan fingerprint density at radius 1 is 1.16 bits per heavy atom. The molecule has 1 heterocycles. The van der Waals surface area contributed by atoms with Crippen LogP contribution in [0.15, 0.2) is 36.4 Å². The van der Waals surface area contributed by atoms with Crippen LogP contribution in [0.1, 0.15) is 32.3 Å². The maximum Gasteiger partial charge on any atom is 0.228 e. The van der Waals surface area contributed by atoms with E-state index >= 15 is 0 Å². The molecule has 134 valence electrons. The Kier molecular flexibility index (Phi) is 4.65. The zero-order valence-electron chi connectivity index (χ0n) is 15.2. The van der Waals surface area contributed by atoms with Gasteiger partial charge in [0.1, 0.15) is 0 Å². The summed E-state index contributed by atoms with van der Waals surface area (Å²) in [5.74, 6) is 1.39. The van der Waals surface area contributed by atoms with E-state index in [4.69, 9.17) is 4.74 Å². The number of hydrogen-bond donors (Lipinski definition) is 1. The van der Waals surface area contributed by atoms with Crippen LogP contribution < -0.4 is 5.32 Å². The van der Waals surface area contributed by atoms with Crippen LogP contribution in [0.25, 0.3) is 0 Å². The largest absolute Gasteiger partial charge is 0.373 e. The smallest absolute Gasteiger partial charge is 0.228 e. The first-order valence-corrected chi connectivity index (χ1v) is 9.53. The molecule has 3 aliphatic rings. The third-order valence-corrected chi connectivity index (χ3v) is 5.78. The molecule has 0 unspecified atom stereocenters. The van der Waals surface area contributed by atoms with Crippen LogP contribution in [-0.2, 0) is 16.1 Å². The molecule has 1 saturated carbocycles. The predicted octanol–water partition coefficient (Wildman–Crippen LogP) is 3.45. The molecule has 4 nitrogen and oxygen atoms in total. The molecule has 1 aromatic rings. The van der Waals surface area contributed by atoms with E-state index in [2.05, 4.69) is 48.3 Å². The van der Waals surface area contributed by atoms with E-state index in [0.717, 1.165) is 38.2 Å². The molecular weight excluding hydrogens is 312 g/mol. The lowest BCUT2D eigenvalue weighted by molar-refractivity contribution is -0.120. The Morgan fingerprint density at radius 2 is 1.92 bits per heavy atom. The van der Waals surface area contributed by atoms with Crippen LogP contribution in [0.3, 0.4) is 0 Å². The van der Waals surface area contributed by atoms with Crippen molar-refractivity contribution in [2.75, 3.05) is 18.4 Å². The van der Waals surface area contributed by atoms with Gasteiger partial charge in [0.25, 0.3) is 0 Å². The summed E-state index contributed by atoms with van der Waals surface area (Å²) in [6, 6.07) is 8.22. The molecule has 1 amide bonds. The van der Waals surface area contributed by atoms with Gasteiger partial charge in [-0.1, -0.05) is 30.4 Å². The average Bonchev–Trinajstić information content (AvgIpc) is 3.19. The number of fused-ring (bicyclic) bond motifs is 2. The lowest BCUT2D eigenvalue weighted by Gasteiger charge is -2.35. The molecule has 1 N–H and O–H groups in total. The fraction of sp³-hybridized carbons (Fsp3) is 0.571. The number of morpholine rings is 1. The van der Waals surface area contributed by atoms with Crippen molar-refractivity contribution in [3.8, 4) is 0 Å². The Labute approximate surface area is 150 Å². The number of nitrogens with zero attached hydrogens (tertiary/aromatic N) is 1. The fourth-order valence-corrected chi connectivity index (χ4v) is 4.74. The maximum absolute atomic E-state index is 12.8. The highest BCUT2D eigenvalue weighted by atomic mass is 16.5. The van der Waals surface area contributed by atoms with Crippen molar-refractivity contribution >= 4 is 11.6 Å². The number of rotatable bonds is 4. The van der Waals surface area contributed by atoms with Gasteiger partial charge in [-0.15, -0.1) is 0 Å². The number of para-hydroxylation sites is 1. The first-order chi connectivity index (χ1) is 12.1. The first-order valence-electron chi connectivity index (χ1n) is 9.53. The van der Waals surface area contributed by atoms with E-state index in [1.54, 1.807) is 0 Å². The standard InChI is InChI=1S/C21H28N2O2/c1-14-11-23(12-15(2)25-14)13-18-5-3-4-6-20(18)22-21(24)19-10-16-7-8-17(19)9-16/h3-8,14-17,19H,9-13H2,1-2H3,(H,22,24)/t14-,15+,16-,17-,19+/m0/s1. The third kappa shape index (κ3) is 3.65. The zero-order valence-corrected chi connectivity index (χ0v) is 15.2. The maximum atomic E-state index is 12.8. The summed E-state index contributed by atoms with van der Waals surface area (Å²) in [5, 5.41) is 3.22. The number of carbonyl (C=O) groups is 1. The molecule has 2 aliphatic carbocycles. The van der Waals surface area contributed by atoms with Gasteiger partial charge < -0.3 is 10.1 Å². The van der Waals surface area contributed by atoms with Gasteiger partial charge in [-0.2, -0.15) is 0 Å². The SMILES string of the molecule is C[C@@H]1CN(Cc2ccccc2NC(=O)[C@@H]2C[C@H]3C=C[C@H]2C3)C[C@H](C)O1. The summed E-state index contributed by atoms with van der Waals surface area (Å²) in [5.41, 5.74) is 2.15. The number of allylic oxidation sites excluding steroid dienone is 2. The number of ether oxygens (including phenoxy) is 1. The molecule has 5 atom stereocenters. The summed E-state index contributed by atoms with van der Waals surface area (Å²) >= 11 is 0. The summed E-state index contributed by atoms with van der Waals surface area (Å²) in [6.45, 7) is 6.97. The molecule has 0 radical (unpaired) electrons. The summed E-state index contributed by atoms with van der Waals surface area (Å²) < 4.78 is 5.83. The number of nitrogens with one attached hydrogen (secondary N) is 1. The number of carbonyl (C=O) groups excluding carboxylic acids is 1. The zero-order chi connectivity index (χ0) is 17.4. The lowest BCUT2D eigenvalue weighted by atomic mass is 9.92. The second-order valence-corrected chi connectivity index (χ2v) is 7.98. The molecule has 2 bridgehead atoms. The van der Waals surface area contributed by atoms with E-state index < -0.39 is 0 Å². The molecule has 2 fully saturated rings. The Hall–Kier alpha value is -1.65. The van der Waals surface area contributed by atoms with E-state index in [1.807, 2.05) is 12.1 Å². The highest BCUT2D eigenvalue weighted by molar-refractivity contribution is 5.94. The summed E-state index contributed by atoms with van der Waals surface area (Å²) in [6.07, 6.45) is 7.19. The summed E-state index contributed by atoms with van der Waals surface area (Å²) in [7, 11) is 0. The molecule has 0 aromatic heterocycles. The van der Waals surface area contributed by atoms with Crippen molar-refractivity contribution < 1.29 is 9.53 Å². The fourth-order valence-electron chi connectivity index (χ4n) is 4.74. The van der Waals surface area contributed by atoms with Crippen LogP contribution in [0.2, 0.25) is 0 Å². The molecule has 1 aliphatic heterocycles. The summed E-state index contributed by atoms with van der Waals surface area (Å²) in [4.78, 5) is 15.2. The highest BCUT2D eigenvalue weighted by Gasteiger charge is 2.39. The third-order valence-electron chi connectivity index (χ3n) is 5.78. The van der Waals surface area contributed by atoms with Crippen molar-refractivity contribution in [1.82, 2.24) is 4.90 Å². The molecule has 4 rings (SSSR count). The molecule has 0 spiro atoms. The van der Waals surface area contributed by atoms with Gasteiger partial charge in [0, 0.05) is 31.2 Å². The van der Waals surface area contributed by atoms with Crippen LogP contribution >= 0.6 is 0 Å². The highest BCUT2D eigenvalue weighted by Crippen LogP contribution is 2.43. The Balaban J connectivity index is 1.44. The van der Waals surface area contributed by atoms with Crippen molar-refractivity contribution in [1.29, 1.82) is 0 Å². The van der Waals surface area contributed by atoms with Crippen LogP contribution in [-0.4, -0.2) is 36.1 Å². The topological polar surface area (TPSA) is 41.6 Å². The first kappa shape index (κ1) is 16.8. The van der Waals surface area contributed by atoms with Crippen LogP contribution in [0.4, 0.5) is 5.69 Å². The van der Waals surface area contributed by atoms with Crippen molar-refractivity contribution in [2.45, 2.75) is 45.4 Å². The van der Waals surface area contributed by atoms with Gasteiger partial charge in [-0.3, -0.25) is 9.69 Å². The Bertz CT molecular complexity index is 662. The average molecular weight is 340 g/mol. The minimum Gasteiger partial charge on any atom is -0.373 e. The van der Waals surface area contributed by atoms with Crippen molar-refractivity contribution in [2.24, 2.45) is 17.8 Å². The molecule has 1 aromatic carbocycles. The minimum atomic E-state index is 0.145. The number of amides is 1. The lowest BCUT2D eigenvalue weighted by Crippen LogP contribution is -2.44. The van der Waals surface area contributed by atoms with E-state index in [0.29, 0.717) is 11.8 Å². The second-order valence-electron chi connectivity index (χ2n) is 7.98. The quantitative estimate of drug-likeness (QED) is 0.854. The monoisotopic (exact) mass is 340 g/mol. The van der Waals surface area contributed by atoms with E-state index in [9.17, 15) is 4.79 Å². The minimum absolute atomic E-state index is 0.145.